The molecular formula is C17H25N3O3S. The predicted molar refractivity (Wildman–Crippen MR) is 93.5 cm³/mol. The Labute approximate surface area is 147 Å². The van der Waals surface area contributed by atoms with Crippen LogP contribution in [0.4, 0.5) is 0 Å². The standard InChI is InChI=1S/C17H25N3O3S/c1-3-15(21)20-14(12-24-17(20)13-5-10-23-11-13)16(22)19-8-6-18(4-2)7-9-19/h5,10-11,14,17H,3-4,6-9,12H2,1-2H3. The topological polar surface area (TPSA) is 57.0 Å². The van der Waals surface area contributed by atoms with Crippen LogP contribution in [-0.4, -0.2) is 71.0 Å². The van der Waals surface area contributed by atoms with Gasteiger partial charge in [-0.05, 0) is 12.6 Å². The van der Waals surface area contributed by atoms with E-state index in [4.69, 9.17) is 4.42 Å². The molecule has 0 saturated carbocycles. The molecule has 2 aliphatic heterocycles. The molecule has 2 amide bonds. The van der Waals surface area contributed by atoms with Gasteiger partial charge < -0.3 is 19.1 Å². The van der Waals surface area contributed by atoms with Gasteiger partial charge in [0.25, 0.3) is 0 Å². The van der Waals surface area contributed by atoms with Crippen molar-refractivity contribution in [2.45, 2.75) is 31.7 Å². The largest absolute Gasteiger partial charge is 0.472 e. The Morgan fingerprint density at radius 1 is 1.25 bits per heavy atom. The zero-order valence-electron chi connectivity index (χ0n) is 14.3. The summed E-state index contributed by atoms with van der Waals surface area (Å²) in [6.45, 7) is 8.33. The van der Waals surface area contributed by atoms with E-state index in [0.717, 1.165) is 38.3 Å². The smallest absolute Gasteiger partial charge is 0.246 e. The molecule has 3 heterocycles. The minimum Gasteiger partial charge on any atom is -0.472 e. The Morgan fingerprint density at radius 2 is 2.00 bits per heavy atom. The van der Waals surface area contributed by atoms with Gasteiger partial charge in [-0.25, -0.2) is 0 Å². The van der Waals surface area contributed by atoms with Gasteiger partial charge in [0.05, 0.1) is 12.5 Å². The summed E-state index contributed by atoms with van der Waals surface area (Å²) in [5.41, 5.74) is 0.952. The van der Waals surface area contributed by atoms with Gasteiger partial charge in [-0.3, -0.25) is 9.59 Å². The molecule has 1 aromatic heterocycles. The Morgan fingerprint density at radius 3 is 2.58 bits per heavy atom. The van der Waals surface area contributed by atoms with Gasteiger partial charge >= 0.3 is 0 Å². The Bertz CT molecular complexity index is 570. The van der Waals surface area contributed by atoms with E-state index < -0.39 is 0 Å². The number of rotatable bonds is 4. The van der Waals surface area contributed by atoms with Gasteiger partial charge in [0.15, 0.2) is 0 Å². The fourth-order valence-corrected chi connectivity index (χ4v) is 4.77. The first-order chi connectivity index (χ1) is 11.7. The Hall–Kier alpha value is -1.47. The molecule has 7 heteroatoms. The van der Waals surface area contributed by atoms with E-state index >= 15 is 0 Å². The first kappa shape index (κ1) is 17.4. The van der Waals surface area contributed by atoms with Crippen molar-refractivity contribution < 1.29 is 14.0 Å². The molecule has 1 aromatic rings. The number of carbonyl (C=O) groups is 2. The van der Waals surface area contributed by atoms with E-state index in [1.807, 2.05) is 17.9 Å². The average Bonchev–Trinajstić information content (AvgIpc) is 3.29. The number of piperazine rings is 1. The van der Waals surface area contributed by atoms with Crippen LogP contribution >= 0.6 is 11.8 Å². The van der Waals surface area contributed by atoms with Gasteiger partial charge in [0, 0.05) is 43.9 Å². The summed E-state index contributed by atoms with van der Waals surface area (Å²) in [7, 11) is 0. The molecule has 2 saturated heterocycles. The number of furan rings is 1. The molecule has 3 rings (SSSR count). The monoisotopic (exact) mass is 351 g/mol. The fraction of sp³-hybridized carbons (Fsp3) is 0.647. The van der Waals surface area contributed by atoms with Crippen LogP contribution in [0, 0.1) is 0 Å². The van der Waals surface area contributed by atoms with Crippen LogP contribution in [-0.2, 0) is 9.59 Å². The summed E-state index contributed by atoms with van der Waals surface area (Å²) in [5.74, 6) is 0.761. The molecule has 0 N–H and O–H groups in total. The highest BCUT2D eigenvalue weighted by Crippen LogP contribution is 2.42. The lowest BCUT2D eigenvalue weighted by atomic mass is 10.1. The Kier molecular flexibility index (Phi) is 5.50. The molecule has 132 valence electrons. The average molecular weight is 351 g/mol. The number of likely N-dealkylation sites (N-methyl/N-ethyl adjacent to an activating group) is 1. The summed E-state index contributed by atoms with van der Waals surface area (Å²) in [4.78, 5) is 31.6. The molecule has 0 aliphatic carbocycles. The lowest BCUT2D eigenvalue weighted by Gasteiger charge is -2.37. The van der Waals surface area contributed by atoms with E-state index in [-0.39, 0.29) is 23.2 Å². The molecule has 24 heavy (non-hydrogen) atoms. The first-order valence-corrected chi connectivity index (χ1v) is 9.66. The van der Waals surface area contributed by atoms with Gasteiger partial charge in [-0.1, -0.05) is 13.8 Å². The van der Waals surface area contributed by atoms with E-state index in [1.54, 1.807) is 29.2 Å². The summed E-state index contributed by atoms with van der Waals surface area (Å²) < 4.78 is 5.17. The number of thioether (sulfide) groups is 1. The maximum absolute atomic E-state index is 13.0. The minimum absolute atomic E-state index is 0.0248. The van der Waals surface area contributed by atoms with Crippen LogP contribution in [0.5, 0.6) is 0 Å². The molecule has 2 aliphatic rings. The highest BCUT2D eigenvalue weighted by Gasteiger charge is 2.43. The summed E-state index contributed by atoms with van der Waals surface area (Å²) in [6.07, 6.45) is 3.69. The van der Waals surface area contributed by atoms with Crippen molar-refractivity contribution in [3.8, 4) is 0 Å². The molecular weight excluding hydrogens is 326 g/mol. The van der Waals surface area contributed by atoms with E-state index in [9.17, 15) is 9.59 Å². The second kappa shape index (κ2) is 7.61. The predicted octanol–water partition coefficient (Wildman–Crippen LogP) is 1.80. The van der Waals surface area contributed by atoms with Gasteiger partial charge in [0.2, 0.25) is 11.8 Å². The summed E-state index contributed by atoms with van der Waals surface area (Å²) in [6, 6.07) is 1.51. The third-order valence-corrected chi connectivity index (χ3v) is 6.16. The zero-order chi connectivity index (χ0) is 17.1. The number of nitrogens with zero attached hydrogens (tertiary/aromatic N) is 3. The van der Waals surface area contributed by atoms with E-state index in [2.05, 4.69) is 11.8 Å². The highest BCUT2D eigenvalue weighted by molar-refractivity contribution is 7.99. The van der Waals surface area contributed by atoms with Crippen molar-refractivity contribution in [3.63, 3.8) is 0 Å². The number of carbonyl (C=O) groups excluding carboxylic acids is 2. The zero-order valence-corrected chi connectivity index (χ0v) is 15.1. The summed E-state index contributed by atoms with van der Waals surface area (Å²) >= 11 is 1.64. The van der Waals surface area contributed by atoms with Gasteiger partial charge in [0.1, 0.15) is 11.4 Å². The van der Waals surface area contributed by atoms with Crippen LogP contribution in [0.1, 0.15) is 31.2 Å². The lowest BCUT2D eigenvalue weighted by Crippen LogP contribution is -2.55. The third-order valence-electron chi connectivity index (χ3n) is 4.84. The SMILES string of the molecule is CCC(=O)N1C(C(=O)N2CCN(CC)CC2)CSC1c1ccoc1. The lowest BCUT2D eigenvalue weighted by molar-refractivity contribution is -0.145. The van der Waals surface area contributed by atoms with Crippen molar-refractivity contribution in [3.05, 3.63) is 24.2 Å². The fourth-order valence-electron chi connectivity index (χ4n) is 3.35. The molecule has 0 radical (unpaired) electrons. The van der Waals surface area contributed by atoms with Crippen molar-refractivity contribution in [1.29, 1.82) is 0 Å². The van der Waals surface area contributed by atoms with Crippen LogP contribution in [0.25, 0.3) is 0 Å². The van der Waals surface area contributed by atoms with Crippen molar-refractivity contribution in [1.82, 2.24) is 14.7 Å². The normalized spacial score (nSPS) is 25.2. The molecule has 2 fully saturated rings. The number of hydrogen-bond acceptors (Lipinski definition) is 5. The van der Waals surface area contributed by atoms with E-state index in [1.165, 1.54) is 0 Å². The van der Waals surface area contributed by atoms with Crippen molar-refractivity contribution >= 4 is 23.6 Å². The summed E-state index contributed by atoms with van der Waals surface area (Å²) in [5, 5.41) is -0.123. The third kappa shape index (κ3) is 3.32. The van der Waals surface area contributed by atoms with Crippen LogP contribution in [0.3, 0.4) is 0 Å². The van der Waals surface area contributed by atoms with Crippen LogP contribution in [0.15, 0.2) is 23.0 Å². The second-order valence-electron chi connectivity index (χ2n) is 6.17. The molecule has 0 aromatic carbocycles. The van der Waals surface area contributed by atoms with Crippen molar-refractivity contribution in [2.75, 3.05) is 38.5 Å². The molecule has 2 unspecified atom stereocenters. The minimum atomic E-state index is -0.365. The molecule has 0 spiro atoms. The second-order valence-corrected chi connectivity index (χ2v) is 7.29. The number of hydrogen-bond donors (Lipinski definition) is 0. The quantitative estimate of drug-likeness (QED) is 0.828. The van der Waals surface area contributed by atoms with Gasteiger partial charge in [-0.2, -0.15) is 0 Å². The van der Waals surface area contributed by atoms with Crippen molar-refractivity contribution in [2.24, 2.45) is 0 Å². The molecule has 0 bridgehead atoms. The maximum atomic E-state index is 13.0. The van der Waals surface area contributed by atoms with E-state index in [0.29, 0.717) is 12.2 Å². The number of amides is 2. The highest BCUT2D eigenvalue weighted by atomic mass is 32.2. The van der Waals surface area contributed by atoms with Gasteiger partial charge in [-0.15, -0.1) is 11.8 Å². The van der Waals surface area contributed by atoms with Crippen LogP contribution < -0.4 is 0 Å². The maximum Gasteiger partial charge on any atom is 0.246 e. The first-order valence-electron chi connectivity index (χ1n) is 8.61. The molecule has 6 nitrogen and oxygen atoms in total. The molecule has 2 atom stereocenters. The Balaban J connectivity index is 1.74. The van der Waals surface area contributed by atoms with Crippen LogP contribution in [0.2, 0.25) is 0 Å².